The van der Waals surface area contributed by atoms with Gasteiger partial charge in [-0.05, 0) is 6.92 Å². The van der Waals surface area contributed by atoms with Gasteiger partial charge < -0.3 is 0 Å². The first-order valence-electron chi connectivity index (χ1n) is 7.53. The van der Waals surface area contributed by atoms with E-state index in [1.807, 2.05) is 32.4 Å². The Morgan fingerprint density at radius 1 is 1.00 bits per heavy atom. The van der Waals surface area contributed by atoms with E-state index in [2.05, 4.69) is 20.6 Å². The van der Waals surface area contributed by atoms with E-state index < -0.39 is 15.9 Å². The molecule has 10 heteroatoms. The molecule has 0 fully saturated rings. The van der Waals surface area contributed by atoms with Crippen LogP contribution in [0.15, 0.2) is 0 Å². The molecule has 0 unspecified atom stereocenters. The molecule has 9 nitrogen and oxygen atoms in total. The van der Waals surface area contributed by atoms with Gasteiger partial charge in [-0.15, -0.1) is 10.2 Å². The van der Waals surface area contributed by atoms with Crippen molar-refractivity contribution in [3.63, 3.8) is 0 Å². The summed E-state index contributed by atoms with van der Waals surface area (Å²) in [6.07, 6.45) is 0.952. The van der Waals surface area contributed by atoms with E-state index >= 15 is 0 Å². The SMILES string of the molecule is C.C.CC(=O)C(C)C.CC(C)C(=O)NS(C)(=O)=O.CC(C)c1nn[nH]n1. The number of H-pyrrole nitrogens is 1. The molecule has 0 saturated carbocycles. The van der Waals surface area contributed by atoms with Gasteiger partial charge in [-0.2, -0.15) is 5.21 Å². The van der Waals surface area contributed by atoms with Crippen molar-refractivity contribution in [1.82, 2.24) is 25.3 Å². The lowest BCUT2D eigenvalue weighted by Gasteiger charge is -2.03. The number of amides is 1. The summed E-state index contributed by atoms with van der Waals surface area (Å²) in [6, 6.07) is 0. The third-order valence-electron chi connectivity index (χ3n) is 2.50. The van der Waals surface area contributed by atoms with Gasteiger partial charge in [0.15, 0.2) is 5.82 Å². The lowest BCUT2D eigenvalue weighted by atomic mass is 10.1. The summed E-state index contributed by atoms with van der Waals surface area (Å²) >= 11 is 0. The summed E-state index contributed by atoms with van der Waals surface area (Å²) in [4.78, 5) is 20.8. The van der Waals surface area contributed by atoms with Crippen molar-refractivity contribution in [2.24, 2.45) is 11.8 Å². The fourth-order valence-corrected chi connectivity index (χ4v) is 1.32. The standard InChI is InChI=1S/C5H11NO3S.C5H10O.C4H8N4.2CH4/c1-4(2)5(7)6-10(3,8)9;1-4(2)5(3)6;1-3(2)4-5-7-8-6-4;;/h4H,1-3H3,(H,6,7);4H,1-3H3;3H,1-2H3,(H,5,6,7,8);2*1H4. The number of nitrogens with zero attached hydrogens (tertiary/aromatic N) is 3. The summed E-state index contributed by atoms with van der Waals surface area (Å²) in [6.45, 7) is 12.7. The maximum Gasteiger partial charge on any atom is 0.235 e. The number of aromatic amines is 1. The molecule has 1 heterocycles. The second-order valence-electron chi connectivity index (χ2n) is 6.08. The van der Waals surface area contributed by atoms with Gasteiger partial charge in [0.25, 0.3) is 0 Å². The van der Waals surface area contributed by atoms with Gasteiger partial charge in [-0.1, -0.05) is 61.6 Å². The van der Waals surface area contributed by atoms with Crippen LogP contribution in [-0.2, 0) is 19.6 Å². The summed E-state index contributed by atoms with van der Waals surface area (Å²) in [7, 11) is -3.37. The van der Waals surface area contributed by atoms with E-state index in [9.17, 15) is 18.0 Å². The number of sulfonamides is 1. The van der Waals surface area contributed by atoms with Crippen LogP contribution in [-0.4, -0.2) is 47.0 Å². The van der Waals surface area contributed by atoms with Crippen LogP contribution < -0.4 is 4.72 Å². The second-order valence-corrected chi connectivity index (χ2v) is 7.83. The molecule has 0 spiro atoms. The summed E-state index contributed by atoms with van der Waals surface area (Å²) in [5.41, 5.74) is 0. The molecule has 156 valence electrons. The Bertz CT molecular complexity index is 582. The number of ketones is 1. The molecule has 1 aromatic rings. The predicted octanol–water partition coefficient (Wildman–Crippen LogP) is 2.54. The van der Waals surface area contributed by atoms with E-state index in [0.29, 0.717) is 5.92 Å². The first-order chi connectivity index (χ1) is 10.8. The van der Waals surface area contributed by atoms with E-state index in [4.69, 9.17) is 0 Å². The quantitative estimate of drug-likeness (QED) is 0.799. The number of nitrogens with one attached hydrogen (secondary N) is 2. The topological polar surface area (TPSA) is 135 Å². The summed E-state index contributed by atoms with van der Waals surface area (Å²) in [5.74, 6) is 0.843. The van der Waals surface area contributed by atoms with Crippen LogP contribution in [0.2, 0.25) is 0 Å². The summed E-state index contributed by atoms with van der Waals surface area (Å²) < 4.78 is 22.7. The Morgan fingerprint density at radius 3 is 1.54 bits per heavy atom. The van der Waals surface area contributed by atoms with E-state index in [1.54, 1.807) is 20.8 Å². The van der Waals surface area contributed by atoms with Crippen molar-refractivity contribution in [1.29, 1.82) is 0 Å². The highest BCUT2D eigenvalue weighted by molar-refractivity contribution is 7.89. The molecular formula is C16H37N5O4S. The van der Waals surface area contributed by atoms with Crippen LogP contribution in [0.25, 0.3) is 0 Å². The molecule has 1 rings (SSSR count). The zero-order chi connectivity index (χ0) is 19.5. The maximum absolute atomic E-state index is 10.7. The molecule has 0 aliphatic rings. The van der Waals surface area contributed by atoms with Crippen molar-refractivity contribution < 1.29 is 18.0 Å². The number of carbonyl (C=O) groups excluding carboxylic acids is 2. The van der Waals surface area contributed by atoms with Crippen LogP contribution >= 0.6 is 0 Å². The van der Waals surface area contributed by atoms with Crippen LogP contribution in [0.5, 0.6) is 0 Å². The number of Topliss-reactive ketones (excluding diaryl/α,β-unsaturated/α-hetero) is 1. The Kier molecular flexibility index (Phi) is 18.9. The van der Waals surface area contributed by atoms with Gasteiger partial charge in [-0.25, -0.2) is 8.42 Å². The zero-order valence-corrected chi connectivity index (χ0v) is 16.4. The molecule has 26 heavy (non-hydrogen) atoms. The third-order valence-corrected chi connectivity index (χ3v) is 3.07. The van der Waals surface area contributed by atoms with Crippen molar-refractivity contribution >= 4 is 21.7 Å². The Labute approximate surface area is 158 Å². The lowest BCUT2D eigenvalue weighted by molar-refractivity contribution is -0.122. The minimum atomic E-state index is -3.37. The number of hydrogen-bond acceptors (Lipinski definition) is 7. The first kappa shape index (κ1) is 31.9. The van der Waals surface area contributed by atoms with Crippen molar-refractivity contribution in [3.05, 3.63) is 5.82 Å². The molecule has 1 amide bonds. The minimum absolute atomic E-state index is 0. The van der Waals surface area contributed by atoms with Gasteiger partial charge in [0.2, 0.25) is 15.9 Å². The molecule has 2 N–H and O–H groups in total. The molecule has 0 atom stereocenters. The predicted molar refractivity (Wildman–Crippen MR) is 105 cm³/mol. The fourth-order valence-electron chi connectivity index (χ4n) is 0.715. The van der Waals surface area contributed by atoms with Gasteiger partial charge in [-0.3, -0.25) is 14.3 Å². The van der Waals surface area contributed by atoms with E-state index in [1.165, 1.54) is 0 Å². The van der Waals surface area contributed by atoms with Gasteiger partial charge in [0.1, 0.15) is 5.78 Å². The molecule has 0 saturated heterocycles. The lowest BCUT2D eigenvalue weighted by Crippen LogP contribution is -2.32. The average molecular weight is 396 g/mol. The smallest absolute Gasteiger partial charge is 0.235 e. The third kappa shape index (κ3) is 20.2. The van der Waals surface area contributed by atoms with Gasteiger partial charge in [0, 0.05) is 17.8 Å². The molecule has 0 radical (unpaired) electrons. The number of rotatable bonds is 4. The van der Waals surface area contributed by atoms with Crippen molar-refractivity contribution in [3.8, 4) is 0 Å². The molecule has 0 aromatic carbocycles. The largest absolute Gasteiger partial charge is 0.300 e. The fraction of sp³-hybridized carbons (Fsp3) is 0.812. The van der Waals surface area contributed by atoms with E-state index in [0.717, 1.165) is 12.1 Å². The van der Waals surface area contributed by atoms with Gasteiger partial charge >= 0.3 is 0 Å². The van der Waals surface area contributed by atoms with Crippen LogP contribution in [0.4, 0.5) is 0 Å². The second kappa shape index (κ2) is 15.4. The molecule has 0 bridgehead atoms. The molecular weight excluding hydrogens is 358 g/mol. The number of carbonyl (C=O) groups is 2. The number of aromatic nitrogens is 4. The highest BCUT2D eigenvalue weighted by Crippen LogP contribution is 2.03. The highest BCUT2D eigenvalue weighted by atomic mass is 32.2. The van der Waals surface area contributed by atoms with Crippen LogP contribution in [0.1, 0.15) is 75.1 Å². The Hall–Kier alpha value is -1.84. The number of hydrogen-bond donors (Lipinski definition) is 2. The minimum Gasteiger partial charge on any atom is -0.300 e. The highest BCUT2D eigenvalue weighted by Gasteiger charge is 2.10. The maximum atomic E-state index is 10.7. The molecule has 1 aromatic heterocycles. The monoisotopic (exact) mass is 395 g/mol. The van der Waals surface area contributed by atoms with Gasteiger partial charge in [0.05, 0.1) is 6.26 Å². The average Bonchev–Trinajstić information content (AvgIpc) is 2.91. The molecule has 0 aliphatic heterocycles. The van der Waals surface area contributed by atoms with Crippen LogP contribution in [0.3, 0.4) is 0 Å². The first-order valence-corrected chi connectivity index (χ1v) is 9.42. The Balaban J connectivity index is -0.000000138. The molecule has 0 aliphatic carbocycles. The van der Waals surface area contributed by atoms with Crippen LogP contribution in [0, 0.1) is 11.8 Å². The van der Waals surface area contributed by atoms with Crippen molar-refractivity contribution in [2.75, 3.05) is 6.26 Å². The Morgan fingerprint density at radius 2 is 1.42 bits per heavy atom. The van der Waals surface area contributed by atoms with E-state index in [-0.39, 0.29) is 32.5 Å². The normalized spacial score (nSPS) is 9.81. The number of tetrazole rings is 1. The summed E-state index contributed by atoms with van der Waals surface area (Å²) in [5, 5.41) is 13.3. The van der Waals surface area contributed by atoms with Crippen molar-refractivity contribution in [2.45, 2.75) is 69.2 Å². The zero-order valence-electron chi connectivity index (χ0n) is 15.6.